The van der Waals surface area contributed by atoms with Crippen molar-refractivity contribution in [3.05, 3.63) is 17.0 Å². The molecule has 1 aliphatic rings. The summed E-state index contributed by atoms with van der Waals surface area (Å²) in [5.74, 6) is 0. The summed E-state index contributed by atoms with van der Waals surface area (Å²) in [4.78, 5) is 0.816. The molecule has 5 nitrogen and oxygen atoms in total. The standard InChI is InChI=1S/C12H18N2O3S3/c13-12(18)10-5-6-11(19-10)20(16,17)14(7-2-8-15)9-3-1-4-9/h5-6,9,15H,1-4,7-8H2,(H2,13,18). The molecular weight excluding hydrogens is 316 g/mol. The van der Waals surface area contributed by atoms with Crippen LogP contribution in [0.5, 0.6) is 0 Å². The van der Waals surface area contributed by atoms with Gasteiger partial charge in [0.25, 0.3) is 10.0 Å². The number of aliphatic hydroxyl groups is 1. The third-order valence-electron chi connectivity index (χ3n) is 3.41. The second-order valence-electron chi connectivity index (χ2n) is 4.76. The second-order valence-corrected chi connectivity index (χ2v) is 8.40. The van der Waals surface area contributed by atoms with Gasteiger partial charge in [-0.15, -0.1) is 11.3 Å². The van der Waals surface area contributed by atoms with Crippen LogP contribution in [-0.4, -0.2) is 42.0 Å². The minimum atomic E-state index is -3.52. The number of aliphatic hydroxyl groups excluding tert-OH is 1. The molecule has 8 heteroatoms. The van der Waals surface area contributed by atoms with Gasteiger partial charge in [-0.3, -0.25) is 0 Å². The molecule has 20 heavy (non-hydrogen) atoms. The molecule has 0 atom stereocenters. The minimum absolute atomic E-state index is 0.0126. The van der Waals surface area contributed by atoms with Crippen molar-refractivity contribution in [2.75, 3.05) is 13.2 Å². The number of nitrogens with two attached hydrogens (primary N) is 1. The Morgan fingerprint density at radius 3 is 2.65 bits per heavy atom. The van der Waals surface area contributed by atoms with Crippen molar-refractivity contribution in [2.45, 2.75) is 35.9 Å². The fraction of sp³-hybridized carbons (Fsp3) is 0.583. The Morgan fingerprint density at radius 2 is 2.20 bits per heavy atom. The van der Waals surface area contributed by atoms with Gasteiger partial charge < -0.3 is 10.8 Å². The molecule has 0 amide bonds. The number of hydrogen-bond donors (Lipinski definition) is 2. The molecule has 2 rings (SSSR count). The van der Waals surface area contributed by atoms with E-state index in [9.17, 15) is 8.42 Å². The topological polar surface area (TPSA) is 83.6 Å². The van der Waals surface area contributed by atoms with Gasteiger partial charge in [-0.2, -0.15) is 4.31 Å². The van der Waals surface area contributed by atoms with E-state index < -0.39 is 10.0 Å². The van der Waals surface area contributed by atoms with E-state index in [1.54, 1.807) is 12.1 Å². The van der Waals surface area contributed by atoms with Crippen LogP contribution < -0.4 is 5.73 Å². The maximum atomic E-state index is 12.7. The first-order chi connectivity index (χ1) is 9.46. The van der Waals surface area contributed by atoms with Gasteiger partial charge >= 0.3 is 0 Å². The highest BCUT2D eigenvalue weighted by molar-refractivity contribution is 7.91. The summed E-state index contributed by atoms with van der Waals surface area (Å²) >= 11 is 5.97. The summed E-state index contributed by atoms with van der Waals surface area (Å²) in [5.41, 5.74) is 5.52. The van der Waals surface area contributed by atoms with Crippen LogP contribution in [0.2, 0.25) is 0 Å². The number of sulfonamides is 1. The summed E-state index contributed by atoms with van der Waals surface area (Å²) in [6.07, 6.45) is 3.28. The Hall–Kier alpha value is -0.540. The molecule has 0 saturated heterocycles. The smallest absolute Gasteiger partial charge is 0.252 e. The third kappa shape index (κ3) is 3.20. The SMILES string of the molecule is NC(=S)c1ccc(S(=O)(=O)N(CCCO)C2CCC2)s1. The summed E-state index contributed by atoms with van der Waals surface area (Å²) in [6, 6.07) is 3.26. The largest absolute Gasteiger partial charge is 0.396 e. The van der Waals surface area contributed by atoms with Crippen molar-refractivity contribution in [1.82, 2.24) is 4.31 Å². The highest BCUT2D eigenvalue weighted by Crippen LogP contribution is 2.32. The van der Waals surface area contributed by atoms with Gasteiger partial charge in [0, 0.05) is 19.2 Å². The predicted octanol–water partition coefficient (Wildman–Crippen LogP) is 1.31. The van der Waals surface area contributed by atoms with Crippen molar-refractivity contribution in [1.29, 1.82) is 0 Å². The van der Waals surface area contributed by atoms with E-state index in [0.717, 1.165) is 30.6 Å². The number of rotatable bonds is 7. The van der Waals surface area contributed by atoms with Crippen LogP contribution in [0.1, 0.15) is 30.6 Å². The Bertz CT molecular complexity index is 579. The van der Waals surface area contributed by atoms with E-state index >= 15 is 0 Å². The van der Waals surface area contributed by atoms with Crippen LogP contribution in [0, 0.1) is 0 Å². The van der Waals surface area contributed by atoms with Gasteiger partial charge in [-0.05, 0) is 31.4 Å². The number of nitrogens with zero attached hydrogens (tertiary/aromatic N) is 1. The van der Waals surface area contributed by atoms with Gasteiger partial charge in [0.2, 0.25) is 0 Å². The van der Waals surface area contributed by atoms with Gasteiger partial charge in [0.15, 0.2) is 0 Å². The molecule has 1 saturated carbocycles. The van der Waals surface area contributed by atoms with E-state index in [1.807, 2.05) is 0 Å². The molecule has 1 aromatic heterocycles. The molecule has 112 valence electrons. The molecular formula is C12H18N2O3S3. The van der Waals surface area contributed by atoms with E-state index in [1.165, 1.54) is 4.31 Å². The molecule has 1 heterocycles. The normalized spacial score (nSPS) is 16.3. The summed E-state index contributed by atoms with van der Waals surface area (Å²) in [5, 5.41) is 8.95. The van der Waals surface area contributed by atoms with E-state index in [4.69, 9.17) is 23.1 Å². The molecule has 0 spiro atoms. The molecule has 3 N–H and O–H groups in total. The van der Waals surface area contributed by atoms with Crippen molar-refractivity contribution in [3.8, 4) is 0 Å². The van der Waals surface area contributed by atoms with Crippen molar-refractivity contribution < 1.29 is 13.5 Å². The maximum absolute atomic E-state index is 12.7. The van der Waals surface area contributed by atoms with E-state index in [-0.39, 0.29) is 21.8 Å². The van der Waals surface area contributed by atoms with Gasteiger partial charge in [0.1, 0.15) is 9.20 Å². The highest BCUT2D eigenvalue weighted by atomic mass is 32.2. The Kier molecular flexibility index (Phi) is 5.14. The molecule has 0 aliphatic heterocycles. The Morgan fingerprint density at radius 1 is 1.50 bits per heavy atom. The highest BCUT2D eigenvalue weighted by Gasteiger charge is 2.35. The number of hydrogen-bond acceptors (Lipinski definition) is 5. The van der Waals surface area contributed by atoms with Crippen LogP contribution in [0.4, 0.5) is 0 Å². The van der Waals surface area contributed by atoms with Gasteiger partial charge in [-0.1, -0.05) is 18.6 Å². The quantitative estimate of drug-likeness (QED) is 0.735. The lowest BCUT2D eigenvalue weighted by molar-refractivity contribution is 0.199. The summed E-state index contributed by atoms with van der Waals surface area (Å²) in [7, 11) is -3.52. The lowest BCUT2D eigenvalue weighted by atomic mass is 9.93. The zero-order valence-electron chi connectivity index (χ0n) is 11.0. The lowest BCUT2D eigenvalue weighted by Gasteiger charge is -2.36. The van der Waals surface area contributed by atoms with Crippen LogP contribution in [-0.2, 0) is 10.0 Å². The summed E-state index contributed by atoms with van der Waals surface area (Å²) < 4.78 is 27.1. The molecule has 1 fully saturated rings. The molecule has 1 aromatic rings. The van der Waals surface area contributed by atoms with Gasteiger partial charge in [0.05, 0.1) is 4.88 Å². The van der Waals surface area contributed by atoms with Crippen LogP contribution in [0.3, 0.4) is 0 Å². The van der Waals surface area contributed by atoms with Crippen LogP contribution in [0.15, 0.2) is 16.3 Å². The predicted molar refractivity (Wildman–Crippen MR) is 83.4 cm³/mol. The summed E-state index contributed by atoms with van der Waals surface area (Å²) in [6.45, 7) is 0.338. The van der Waals surface area contributed by atoms with Crippen LogP contribution in [0.25, 0.3) is 0 Å². The monoisotopic (exact) mass is 334 g/mol. The second kappa shape index (κ2) is 6.48. The Balaban J connectivity index is 2.26. The van der Waals surface area contributed by atoms with Crippen LogP contribution >= 0.6 is 23.6 Å². The Labute approximate surface area is 128 Å². The van der Waals surface area contributed by atoms with E-state index in [2.05, 4.69) is 0 Å². The first-order valence-corrected chi connectivity index (χ1v) is 9.15. The molecule has 1 aliphatic carbocycles. The zero-order valence-corrected chi connectivity index (χ0v) is 13.4. The minimum Gasteiger partial charge on any atom is -0.396 e. The fourth-order valence-corrected chi connectivity index (χ4v) is 5.31. The average molecular weight is 334 g/mol. The van der Waals surface area contributed by atoms with Crippen molar-refractivity contribution >= 4 is 38.6 Å². The van der Waals surface area contributed by atoms with E-state index in [0.29, 0.717) is 17.8 Å². The lowest BCUT2D eigenvalue weighted by Crippen LogP contribution is -2.44. The van der Waals surface area contributed by atoms with Gasteiger partial charge in [-0.25, -0.2) is 8.42 Å². The first-order valence-electron chi connectivity index (χ1n) is 6.49. The molecule has 0 radical (unpaired) electrons. The number of thiocarbonyl (C=S) groups is 1. The zero-order chi connectivity index (χ0) is 14.8. The molecule has 0 bridgehead atoms. The van der Waals surface area contributed by atoms with Crippen molar-refractivity contribution in [2.24, 2.45) is 5.73 Å². The fourth-order valence-electron chi connectivity index (χ4n) is 2.11. The average Bonchev–Trinajstić information content (AvgIpc) is 2.81. The first kappa shape index (κ1) is 15.8. The molecule has 0 aromatic carbocycles. The maximum Gasteiger partial charge on any atom is 0.252 e. The molecule has 0 unspecified atom stereocenters. The van der Waals surface area contributed by atoms with Crippen molar-refractivity contribution in [3.63, 3.8) is 0 Å². The number of thiophene rings is 1. The third-order valence-corrected chi connectivity index (χ3v) is 7.29.